The van der Waals surface area contributed by atoms with Gasteiger partial charge in [-0.05, 0) is 25.2 Å². The molecule has 4 nitrogen and oxygen atoms in total. The zero-order valence-corrected chi connectivity index (χ0v) is 8.91. The maximum Gasteiger partial charge on any atom is 0.471 e. The number of amides is 1. The van der Waals surface area contributed by atoms with Gasteiger partial charge < -0.3 is 10.0 Å². The number of carbonyl (C=O) groups excluding carboxylic acids is 1. The number of rotatable bonds is 2. The van der Waals surface area contributed by atoms with Gasteiger partial charge >= 0.3 is 18.1 Å². The van der Waals surface area contributed by atoms with Gasteiger partial charge in [-0.1, -0.05) is 0 Å². The molecule has 96 valence electrons. The molecule has 2 aliphatic rings. The molecule has 2 bridgehead atoms. The summed E-state index contributed by atoms with van der Waals surface area (Å²) >= 11 is 0. The van der Waals surface area contributed by atoms with E-state index in [9.17, 15) is 22.8 Å². The number of hydrogen-bond acceptors (Lipinski definition) is 2. The van der Waals surface area contributed by atoms with Gasteiger partial charge in [0.1, 0.15) is 0 Å². The van der Waals surface area contributed by atoms with Crippen molar-refractivity contribution in [3.05, 3.63) is 0 Å². The number of carboxylic acids is 1. The topological polar surface area (TPSA) is 57.6 Å². The highest BCUT2D eigenvalue weighted by Gasteiger charge is 2.55. The van der Waals surface area contributed by atoms with Gasteiger partial charge in [0.25, 0.3) is 0 Å². The lowest BCUT2D eigenvalue weighted by Gasteiger charge is -2.34. The summed E-state index contributed by atoms with van der Waals surface area (Å²) in [5.41, 5.74) is 0. The van der Waals surface area contributed by atoms with E-state index in [1.807, 2.05) is 0 Å². The number of halogens is 3. The Morgan fingerprint density at radius 3 is 2.47 bits per heavy atom. The van der Waals surface area contributed by atoms with E-state index in [1.54, 1.807) is 0 Å². The number of carboxylic acid groups (broad SMARTS) is 1. The van der Waals surface area contributed by atoms with Crippen LogP contribution in [0.25, 0.3) is 0 Å². The number of fused-ring (bicyclic) bond motifs is 2. The van der Waals surface area contributed by atoms with Crippen molar-refractivity contribution in [2.75, 3.05) is 0 Å². The number of hydrogen-bond donors (Lipinski definition) is 1. The molecular weight excluding hydrogens is 239 g/mol. The average molecular weight is 251 g/mol. The molecule has 1 amide bonds. The van der Waals surface area contributed by atoms with Crippen LogP contribution in [0, 0.1) is 5.92 Å². The third kappa shape index (κ3) is 2.10. The smallest absolute Gasteiger partial charge is 0.471 e. The molecule has 7 heteroatoms. The summed E-state index contributed by atoms with van der Waals surface area (Å²) in [4.78, 5) is 22.6. The standard InChI is InChI=1S/C10H12F3NO3/c11-10(12,13)9(17)14-6-2-1-5(3-6)7(14)4-8(15)16/h5-7H,1-4H2,(H,15,16)/t5-,6+,7+/m0/s1. The fraction of sp³-hybridized carbons (Fsp3) is 0.800. The molecule has 0 spiro atoms. The van der Waals surface area contributed by atoms with Gasteiger partial charge in [-0.25, -0.2) is 0 Å². The van der Waals surface area contributed by atoms with Crippen molar-refractivity contribution in [2.45, 2.75) is 43.9 Å². The molecule has 0 aromatic rings. The molecule has 1 aliphatic heterocycles. The summed E-state index contributed by atoms with van der Waals surface area (Å²) in [6, 6.07) is -1.22. The summed E-state index contributed by atoms with van der Waals surface area (Å²) < 4.78 is 37.2. The quantitative estimate of drug-likeness (QED) is 0.807. The highest BCUT2D eigenvalue weighted by Crippen LogP contribution is 2.45. The van der Waals surface area contributed by atoms with E-state index in [4.69, 9.17) is 5.11 Å². The van der Waals surface area contributed by atoms with Crippen molar-refractivity contribution >= 4 is 11.9 Å². The van der Waals surface area contributed by atoms with Crippen LogP contribution in [-0.2, 0) is 9.59 Å². The van der Waals surface area contributed by atoms with Crippen LogP contribution >= 0.6 is 0 Å². The molecule has 3 atom stereocenters. The molecule has 0 aromatic heterocycles. The Kier molecular flexibility index (Phi) is 2.79. The Hall–Kier alpha value is -1.27. The van der Waals surface area contributed by atoms with Crippen LogP contribution in [0.2, 0.25) is 0 Å². The molecule has 2 fully saturated rings. The van der Waals surface area contributed by atoms with Crippen molar-refractivity contribution in [1.82, 2.24) is 4.90 Å². The van der Waals surface area contributed by atoms with E-state index < -0.39 is 36.6 Å². The molecule has 0 aromatic carbocycles. The fourth-order valence-electron chi connectivity index (χ4n) is 3.00. The normalized spacial score (nSPS) is 31.9. The Bertz CT molecular complexity index is 355. The van der Waals surface area contributed by atoms with Crippen LogP contribution in [0.15, 0.2) is 0 Å². The predicted octanol–water partition coefficient (Wildman–Crippen LogP) is 1.40. The van der Waals surface area contributed by atoms with Crippen molar-refractivity contribution in [3.63, 3.8) is 0 Å². The molecule has 1 saturated carbocycles. The van der Waals surface area contributed by atoms with Crippen LogP contribution in [0.3, 0.4) is 0 Å². The zero-order chi connectivity index (χ0) is 12.8. The average Bonchev–Trinajstić information content (AvgIpc) is 2.74. The largest absolute Gasteiger partial charge is 0.481 e. The number of carbonyl (C=O) groups is 2. The van der Waals surface area contributed by atoms with Crippen LogP contribution in [0.5, 0.6) is 0 Å². The molecule has 2 rings (SSSR count). The minimum atomic E-state index is -4.92. The first-order chi connectivity index (χ1) is 7.80. The van der Waals surface area contributed by atoms with Crippen LogP contribution < -0.4 is 0 Å². The lowest BCUT2D eigenvalue weighted by Crippen LogP contribution is -2.51. The molecule has 17 heavy (non-hydrogen) atoms. The second kappa shape index (κ2) is 3.89. The number of likely N-dealkylation sites (tertiary alicyclic amines) is 1. The Morgan fingerprint density at radius 2 is 1.94 bits per heavy atom. The highest BCUT2D eigenvalue weighted by atomic mass is 19.4. The predicted molar refractivity (Wildman–Crippen MR) is 50.1 cm³/mol. The number of aliphatic carboxylic acids is 1. The summed E-state index contributed by atoms with van der Waals surface area (Å²) in [7, 11) is 0. The van der Waals surface area contributed by atoms with E-state index >= 15 is 0 Å². The first-order valence-electron chi connectivity index (χ1n) is 5.42. The van der Waals surface area contributed by atoms with E-state index in [1.165, 1.54) is 0 Å². The molecule has 1 N–H and O–H groups in total. The Labute approximate surface area is 95.4 Å². The van der Waals surface area contributed by atoms with Gasteiger partial charge in [0.05, 0.1) is 6.42 Å². The van der Waals surface area contributed by atoms with Crippen molar-refractivity contribution in [1.29, 1.82) is 0 Å². The highest BCUT2D eigenvalue weighted by molar-refractivity contribution is 5.83. The van der Waals surface area contributed by atoms with E-state index in [0.717, 1.165) is 4.90 Å². The first kappa shape index (κ1) is 12.2. The zero-order valence-electron chi connectivity index (χ0n) is 8.91. The minimum Gasteiger partial charge on any atom is -0.481 e. The molecular formula is C10H12F3NO3. The SMILES string of the molecule is O=C(O)C[C@@H]1[C@H]2CC[C@H](C2)N1C(=O)C(F)(F)F. The Morgan fingerprint density at radius 1 is 1.29 bits per heavy atom. The second-order valence-electron chi connectivity index (χ2n) is 4.60. The number of alkyl halides is 3. The van der Waals surface area contributed by atoms with Crippen molar-refractivity contribution in [3.8, 4) is 0 Å². The Balaban J connectivity index is 2.19. The third-order valence-electron chi connectivity index (χ3n) is 3.60. The van der Waals surface area contributed by atoms with Gasteiger partial charge in [0.15, 0.2) is 0 Å². The summed E-state index contributed by atoms with van der Waals surface area (Å²) in [5.74, 6) is -3.15. The van der Waals surface area contributed by atoms with Gasteiger partial charge in [0.2, 0.25) is 0 Å². The molecule has 1 saturated heterocycles. The van der Waals surface area contributed by atoms with Gasteiger partial charge in [-0.2, -0.15) is 13.2 Å². The second-order valence-corrected chi connectivity index (χ2v) is 4.60. The summed E-state index contributed by atoms with van der Waals surface area (Å²) in [6.07, 6.45) is -3.56. The third-order valence-corrected chi connectivity index (χ3v) is 3.60. The van der Waals surface area contributed by atoms with Crippen molar-refractivity contribution in [2.24, 2.45) is 5.92 Å². The summed E-state index contributed by atoms with van der Waals surface area (Å²) in [5, 5.41) is 8.69. The monoisotopic (exact) mass is 251 g/mol. The number of piperidine rings is 1. The van der Waals surface area contributed by atoms with E-state index in [0.29, 0.717) is 19.3 Å². The molecule has 0 unspecified atom stereocenters. The van der Waals surface area contributed by atoms with E-state index in [-0.39, 0.29) is 5.92 Å². The van der Waals surface area contributed by atoms with Crippen LogP contribution in [0.4, 0.5) is 13.2 Å². The van der Waals surface area contributed by atoms with Crippen LogP contribution in [0.1, 0.15) is 25.7 Å². The maximum atomic E-state index is 12.4. The maximum absolute atomic E-state index is 12.4. The lowest BCUT2D eigenvalue weighted by atomic mass is 9.96. The molecule has 1 aliphatic carbocycles. The minimum absolute atomic E-state index is 0.0950. The molecule has 1 heterocycles. The lowest BCUT2D eigenvalue weighted by molar-refractivity contribution is -0.190. The van der Waals surface area contributed by atoms with Crippen molar-refractivity contribution < 1.29 is 27.9 Å². The number of nitrogens with zero attached hydrogens (tertiary/aromatic N) is 1. The summed E-state index contributed by atoms with van der Waals surface area (Å²) in [6.45, 7) is 0. The van der Waals surface area contributed by atoms with E-state index in [2.05, 4.69) is 0 Å². The first-order valence-corrected chi connectivity index (χ1v) is 5.42. The van der Waals surface area contributed by atoms with Gasteiger partial charge in [-0.3, -0.25) is 9.59 Å². The van der Waals surface area contributed by atoms with Gasteiger partial charge in [0, 0.05) is 12.1 Å². The molecule has 0 radical (unpaired) electrons. The fourth-order valence-corrected chi connectivity index (χ4v) is 3.00. The van der Waals surface area contributed by atoms with Gasteiger partial charge in [-0.15, -0.1) is 0 Å². The van der Waals surface area contributed by atoms with Crippen LogP contribution in [-0.4, -0.2) is 40.1 Å².